The minimum absolute atomic E-state index is 0.474. The van der Waals surface area contributed by atoms with Crippen molar-refractivity contribution in [1.29, 1.82) is 0 Å². The summed E-state index contributed by atoms with van der Waals surface area (Å²) >= 11 is 0. The first-order chi connectivity index (χ1) is 12.5. The molecule has 0 bridgehead atoms. The highest BCUT2D eigenvalue weighted by Gasteiger charge is 2.30. The van der Waals surface area contributed by atoms with E-state index in [-0.39, 0.29) is 0 Å². The van der Waals surface area contributed by atoms with Gasteiger partial charge in [-0.1, -0.05) is 116 Å². The molecule has 1 unspecified atom stereocenters. The summed E-state index contributed by atoms with van der Waals surface area (Å²) in [5.41, 5.74) is -0.474. The van der Waals surface area contributed by atoms with Crippen LogP contribution < -0.4 is 0 Å². The van der Waals surface area contributed by atoms with E-state index in [0.29, 0.717) is 0 Å². The normalized spacial score (nSPS) is 12.5. The predicted octanol–water partition coefficient (Wildman–Crippen LogP) is 8.47. The summed E-state index contributed by atoms with van der Waals surface area (Å²) in [5.74, 6) is 0. The zero-order valence-electron chi connectivity index (χ0n) is 17.9. The molecule has 0 heterocycles. The van der Waals surface area contributed by atoms with E-state index >= 15 is 0 Å². The lowest BCUT2D eigenvalue weighted by Gasteiger charge is -2.16. The van der Waals surface area contributed by atoms with Crippen molar-refractivity contribution in [2.45, 2.75) is 142 Å². The van der Waals surface area contributed by atoms with Crippen molar-refractivity contribution in [2.24, 2.45) is 0 Å². The fraction of sp³-hybridized carbons (Fsp3) is 1.00. The van der Waals surface area contributed by atoms with Crippen LogP contribution in [0.3, 0.4) is 0 Å². The van der Waals surface area contributed by atoms with Crippen LogP contribution in [0.5, 0.6) is 0 Å². The summed E-state index contributed by atoms with van der Waals surface area (Å²) in [6.07, 6.45) is 24.1. The first-order valence-electron chi connectivity index (χ1n) is 11.3. The van der Waals surface area contributed by atoms with E-state index < -0.39 is 13.9 Å². The molecule has 1 N–H and O–H groups in total. The Kier molecular flexibility index (Phi) is 18.4. The van der Waals surface area contributed by atoms with E-state index in [4.69, 9.17) is 9.42 Å². The van der Waals surface area contributed by atoms with Gasteiger partial charge >= 0.3 is 8.25 Å². The monoisotopic (exact) mass is 389 g/mol. The van der Waals surface area contributed by atoms with Crippen LogP contribution in [-0.4, -0.2) is 10.5 Å². The summed E-state index contributed by atoms with van der Waals surface area (Å²) in [4.78, 5) is 8.82. The largest absolute Gasteiger partial charge is 0.695 e. The van der Waals surface area contributed by atoms with Gasteiger partial charge in [-0.15, -0.1) is 9.42 Å². The minimum Gasteiger partial charge on any atom is -0.133 e. The van der Waals surface area contributed by atoms with Gasteiger partial charge in [0, 0.05) is 4.57 Å². The van der Waals surface area contributed by atoms with E-state index in [1.165, 1.54) is 103 Å². The van der Waals surface area contributed by atoms with Crippen molar-refractivity contribution in [3.8, 4) is 0 Å². The third-order valence-electron chi connectivity index (χ3n) is 5.21. The van der Waals surface area contributed by atoms with Crippen LogP contribution in [0, 0.1) is 0 Å². The maximum atomic E-state index is 10.7. The van der Waals surface area contributed by atoms with Crippen LogP contribution in [-0.2, 0) is 9.09 Å². The predicted molar refractivity (Wildman–Crippen MR) is 114 cm³/mol. The fourth-order valence-electron chi connectivity index (χ4n) is 3.53. The summed E-state index contributed by atoms with van der Waals surface area (Å²) in [5, 5.41) is 0. The summed E-state index contributed by atoms with van der Waals surface area (Å²) < 4.78 is 15.8. The molecule has 0 aliphatic carbocycles. The Bertz CT molecular complexity index is 319. The van der Waals surface area contributed by atoms with Crippen LogP contribution in [0.1, 0.15) is 136 Å². The molecule has 0 aromatic heterocycles. The first-order valence-corrected chi connectivity index (χ1v) is 12.5. The highest BCUT2D eigenvalue weighted by molar-refractivity contribution is 7.32. The van der Waals surface area contributed by atoms with Crippen molar-refractivity contribution in [1.82, 2.24) is 0 Å². The second-order valence-electron chi connectivity index (χ2n) is 8.50. The smallest absolute Gasteiger partial charge is 0.133 e. The third-order valence-corrected chi connectivity index (χ3v) is 5.86. The lowest BCUT2D eigenvalue weighted by molar-refractivity contribution is 0.0910. The zero-order valence-corrected chi connectivity index (χ0v) is 18.8. The van der Waals surface area contributed by atoms with Gasteiger partial charge in [0.2, 0.25) is 0 Å². The van der Waals surface area contributed by atoms with Gasteiger partial charge in [-0.25, -0.2) is 0 Å². The maximum absolute atomic E-state index is 10.7. The quantitative estimate of drug-likeness (QED) is 0.168. The SMILES string of the molecule is CCCCCCCCCCCCCCCCCCCC(C)(C)O[P+](=O)O. The lowest BCUT2D eigenvalue weighted by atomic mass is 9.99. The van der Waals surface area contributed by atoms with Gasteiger partial charge in [0.05, 0.1) is 0 Å². The van der Waals surface area contributed by atoms with E-state index in [1.54, 1.807) is 0 Å². The number of hydrogen-bond acceptors (Lipinski definition) is 2. The van der Waals surface area contributed by atoms with Crippen LogP contribution in [0.15, 0.2) is 0 Å². The van der Waals surface area contributed by atoms with E-state index in [2.05, 4.69) is 6.92 Å². The highest BCUT2D eigenvalue weighted by Crippen LogP contribution is 2.29. The molecular weight excluding hydrogens is 343 g/mol. The van der Waals surface area contributed by atoms with Gasteiger partial charge < -0.3 is 0 Å². The van der Waals surface area contributed by atoms with Gasteiger partial charge in [-0.2, -0.15) is 0 Å². The van der Waals surface area contributed by atoms with Crippen LogP contribution in [0.25, 0.3) is 0 Å². The molecule has 0 rings (SSSR count). The zero-order chi connectivity index (χ0) is 19.5. The molecule has 0 radical (unpaired) electrons. The highest BCUT2D eigenvalue weighted by atomic mass is 31.1. The first kappa shape index (κ1) is 26.0. The maximum Gasteiger partial charge on any atom is 0.695 e. The molecule has 0 spiro atoms. The molecule has 0 amide bonds. The fourth-order valence-corrected chi connectivity index (χ4v) is 4.05. The topological polar surface area (TPSA) is 46.5 Å². The third kappa shape index (κ3) is 20.3. The van der Waals surface area contributed by atoms with E-state index in [0.717, 1.165) is 12.8 Å². The van der Waals surface area contributed by atoms with Crippen LogP contribution in [0.4, 0.5) is 0 Å². The Labute approximate surface area is 164 Å². The molecule has 156 valence electrons. The molecule has 0 saturated carbocycles. The van der Waals surface area contributed by atoms with Crippen molar-refractivity contribution in [3.63, 3.8) is 0 Å². The Morgan fingerprint density at radius 2 is 0.962 bits per heavy atom. The molecule has 0 saturated heterocycles. The second kappa shape index (κ2) is 18.4. The van der Waals surface area contributed by atoms with Crippen molar-refractivity contribution < 1.29 is 14.0 Å². The molecule has 4 heteroatoms. The van der Waals surface area contributed by atoms with Crippen molar-refractivity contribution in [2.75, 3.05) is 0 Å². The summed E-state index contributed by atoms with van der Waals surface area (Å²) in [6.45, 7) is 6.06. The number of rotatable bonds is 20. The Morgan fingerprint density at radius 1 is 0.654 bits per heavy atom. The van der Waals surface area contributed by atoms with Gasteiger partial charge in [0.25, 0.3) is 0 Å². The standard InChI is InChI=1S/C22H45O3P/c1-4-5-6-7-8-9-10-11-12-13-14-15-16-17-18-19-20-21-22(2,3)25-26(23)24/h4-21H2,1-3H3/p+1. The molecule has 0 fully saturated rings. The lowest BCUT2D eigenvalue weighted by Crippen LogP contribution is -2.20. The summed E-state index contributed by atoms with van der Waals surface area (Å²) in [7, 11) is -2.48. The average Bonchev–Trinajstić information content (AvgIpc) is 2.56. The van der Waals surface area contributed by atoms with Gasteiger partial charge in [0.15, 0.2) is 0 Å². The van der Waals surface area contributed by atoms with E-state index in [1.807, 2.05) is 13.8 Å². The Balaban J connectivity index is 3.17. The van der Waals surface area contributed by atoms with Gasteiger partial charge in [-0.05, 0) is 20.3 Å². The van der Waals surface area contributed by atoms with Crippen molar-refractivity contribution >= 4 is 8.25 Å². The molecule has 0 aromatic rings. The Morgan fingerprint density at radius 3 is 1.27 bits per heavy atom. The molecule has 26 heavy (non-hydrogen) atoms. The minimum atomic E-state index is -2.48. The van der Waals surface area contributed by atoms with E-state index in [9.17, 15) is 4.57 Å². The molecule has 0 aliphatic rings. The average molecular weight is 390 g/mol. The molecular formula is C22H46O3P+. The number of hydrogen-bond donors (Lipinski definition) is 1. The molecule has 0 aliphatic heterocycles. The molecule has 3 nitrogen and oxygen atoms in total. The van der Waals surface area contributed by atoms with Crippen LogP contribution >= 0.6 is 8.25 Å². The molecule has 1 atom stereocenters. The van der Waals surface area contributed by atoms with Crippen LogP contribution in [0.2, 0.25) is 0 Å². The van der Waals surface area contributed by atoms with Gasteiger partial charge in [-0.3, -0.25) is 0 Å². The summed E-state index contributed by atoms with van der Waals surface area (Å²) in [6, 6.07) is 0. The van der Waals surface area contributed by atoms with Crippen molar-refractivity contribution in [3.05, 3.63) is 0 Å². The van der Waals surface area contributed by atoms with Gasteiger partial charge in [0.1, 0.15) is 5.60 Å². The number of unbranched alkanes of at least 4 members (excludes halogenated alkanes) is 16. The molecule has 0 aromatic carbocycles. The second-order valence-corrected chi connectivity index (χ2v) is 9.15. The Hall–Kier alpha value is 0.0200.